The molecule has 0 aliphatic rings. The summed E-state index contributed by atoms with van der Waals surface area (Å²) in [6.45, 7) is 1.47. The number of benzene rings is 1. The van der Waals surface area contributed by atoms with Crippen molar-refractivity contribution in [2.75, 3.05) is 11.9 Å². The first-order valence-corrected chi connectivity index (χ1v) is 6.34. The summed E-state index contributed by atoms with van der Waals surface area (Å²) in [6, 6.07) is 2.72. The van der Waals surface area contributed by atoms with Crippen molar-refractivity contribution in [3.8, 4) is 0 Å². The summed E-state index contributed by atoms with van der Waals surface area (Å²) in [7, 11) is 0. The Morgan fingerprint density at radius 1 is 1.20 bits per heavy atom. The van der Waals surface area contributed by atoms with Crippen LogP contribution in [0.2, 0.25) is 10.0 Å². The zero-order valence-corrected chi connectivity index (χ0v) is 12.0. The van der Waals surface area contributed by atoms with Crippen LogP contribution in [0.5, 0.6) is 0 Å². The molecule has 0 aliphatic heterocycles. The number of aromatic carboxylic acids is 1. The Labute approximate surface area is 125 Å². The van der Waals surface area contributed by atoms with Gasteiger partial charge in [-0.2, -0.15) is 0 Å². The first-order chi connectivity index (χ1) is 9.32. The lowest BCUT2D eigenvalue weighted by atomic mass is 10.1. The highest BCUT2D eigenvalue weighted by atomic mass is 35.5. The third-order valence-electron chi connectivity index (χ3n) is 2.31. The molecule has 0 heterocycles. The molecule has 0 saturated carbocycles. The van der Waals surface area contributed by atoms with E-state index in [2.05, 4.69) is 10.6 Å². The molecule has 2 amide bonds. The van der Waals surface area contributed by atoms with Gasteiger partial charge in [-0.15, -0.1) is 0 Å². The highest BCUT2D eigenvalue weighted by Gasteiger charge is 2.19. The average Bonchev–Trinajstić information content (AvgIpc) is 2.33. The van der Waals surface area contributed by atoms with Crippen molar-refractivity contribution in [2.45, 2.75) is 13.3 Å². The summed E-state index contributed by atoms with van der Waals surface area (Å²) in [5.41, 5.74) is -0.327. The molecule has 3 N–H and O–H groups in total. The van der Waals surface area contributed by atoms with Crippen molar-refractivity contribution in [3.05, 3.63) is 27.7 Å². The van der Waals surface area contributed by atoms with Gasteiger partial charge in [0.15, 0.2) is 0 Å². The second-order valence-corrected chi connectivity index (χ2v) is 4.68. The molecule has 0 aromatic heterocycles. The number of rotatable bonds is 5. The van der Waals surface area contributed by atoms with Crippen molar-refractivity contribution in [3.63, 3.8) is 0 Å². The van der Waals surface area contributed by atoms with Crippen molar-refractivity contribution in [2.24, 2.45) is 0 Å². The molecule has 0 saturated heterocycles. The second-order valence-electron chi connectivity index (χ2n) is 3.87. The van der Waals surface area contributed by atoms with Gasteiger partial charge in [0.1, 0.15) is 5.56 Å². The molecule has 0 unspecified atom stereocenters. The van der Waals surface area contributed by atoms with E-state index in [0.717, 1.165) is 0 Å². The van der Waals surface area contributed by atoms with Gasteiger partial charge in [0.05, 0.1) is 15.7 Å². The summed E-state index contributed by atoms with van der Waals surface area (Å²) in [5.74, 6) is -2.04. The topological polar surface area (TPSA) is 95.5 Å². The molecule has 0 spiro atoms. The minimum Gasteiger partial charge on any atom is -0.478 e. The van der Waals surface area contributed by atoms with E-state index >= 15 is 0 Å². The molecule has 0 atom stereocenters. The Morgan fingerprint density at radius 3 is 2.35 bits per heavy atom. The van der Waals surface area contributed by atoms with Crippen molar-refractivity contribution in [1.82, 2.24) is 5.32 Å². The highest BCUT2D eigenvalue weighted by Crippen LogP contribution is 2.31. The van der Waals surface area contributed by atoms with Crippen LogP contribution in [0.1, 0.15) is 23.7 Å². The lowest BCUT2D eigenvalue weighted by molar-refractivity contribution is -0.119. The number of carbonyl (C=O) groups excluding carboxylic acids is 2. The quantitative estimate of drug-likeness (QED) is 0.775. The molecule has 6 nitrogen and oxygen atoms in total. The number of carboxylic acids is 1. The van der Waals surface area contributed by atoms with E-state index in [-0.39, 0.29) is 40.2 Å². The molecule has 1 aromatic carbocycles. The van der Waals surface area contributed by atoms with E-state index in [1.165, 1.54) is 19.1 Å². The Balaban J connectivity index is 2.86. The molecule has 8 heteroatoms. The minimum atomic E-state index is -1.30. The first kappa shape index (κ1) is 16.3. The van der Waals surface area contributed by atoms with Crippen LogP contribution in [0.25, 0.3) is 0 Å². The number of carbonyl (C=O) groups is 3. The lowest BCUT2D eigenvalue weighted by Gasteiger charge is -2.11. The molecule has 20 heavy (non-hydrogen) atoms. The Kier molecular flexibility index (Phi) is 5.79. The van der Waals surface area contributed by atoms with Crippen LogP contribution in [-0.4, -0.2) is 29.4 Å². The number of hydrogen-bond acceptors (Lipinski definition) is 3. The summed E-state index contributed by atoms with van der Waals surface area (Å²) in [6.07, 6.45) is -0.0124. The van der Waals surface area contributed by atoms with E-state index in [0.29, 0.717) is 0 Å². The van der Waals surface area contributed by atoms with Gasteiger partial charge in [0, 0.05) is 19.9 Å². The molecule has 0 fully saturated rings. The normalized spacial score (nSPS) is 9.95. The summed E-state index contributed by atoms with van der Waals surface area (Å²) in [5, 5.41) is 14.0. The highest BCUT2D eigenvalue weighted by molar-refractivity contribution is 6.38. The predicted octanol–water partition coefficient (Wildman–Crippen LogP) is 2.16. The summed E-state index contributed by atoms with van der Waals surface area (Å²) in [4.78, 5) is 33.5. The number of halogens is 2. The molecule has 1 rings (SSSR count). The van der Waals surface area contributed by atoms with E-state index < -0.39 is 11.9 Å². The lowest BCUT2D eigenvalue weighted by Crippen LogP contribution is -2.25. The van der Waals surface area contributed by atoms with Gasteiger partial charge in [-0.25, -0.2) is 4.79 Å². The average molecular weight is 319 g/mol. The van der Waals surface area contributed by atoms with Crippen LogP contribution in [0, 0.1) is 0 Å². The molecule has 0 aliphatic carbocycles. The van der Waals surface area contributed by atoms with Gasteiger partial charge in [-0.05, 0) is 12.1 Å². The van der Waals surface area contributed by atoms with Crippen molar-refractivity contribution in [1.29, 1.82) is 0 Å². The van der Waals surface area contributed by atoms with Crippen LogP contribution >= 0.6 is 23.2 Å². The van der Waals surface area contributed by atoms with Gasteiger partial charge < -0.3 is 15.7 Å². The zero-order chi connectivity index (χ0) is 15.3. The second kappa shape index (κ2) is 7.12. The van der Waals surface area contributed by atoms with E-state index in [1.807, 2.05) is 0 Å². The van der Waals surface area contributed by atoms with Crippen molar-refractivity contribution >= 4 is 46.7 Å². The van der Waals surface area contributed by atoms with Crippen molar-refractivity contribution < 1.29 is 19.5 Å². The number of hydrogen-bond donors (Lipinski definition) is 3. The van der Waals surface area contributed by atoms with E-state index in [1.54, 1.807) is 0 Å². The monoisotopic (exact) mass is 318 g/mol. The first-order valence-electron chi connectivity index (χ1n) is 5.58. The molecule has 1 aromatic rings. The molecular weight excluding hydrogens is 307 g/mol. The molecule has 0 radical (unpaired) electrons. The Bertz CT molecular complexity index is 561. The Morgan fingerprint density at radius 2 is 1.80 bits per heavy atom. The molecule has 108 valence electrons. The number of anilines is 1. The zero-order valence-electron chi connectivity index (χ0n) is 10.5. The number of amides is 2. The fourth-order valence-corrected chi connectivity index (χ4v) is 1.88. The number of carboxylic acid groups (broad SMARTS) is 1. The van der Waals surface area contributed by atoms with Gasteiger partial charge >= 0.3 is 5.97 Å². The maximum absolute atomic E-state index is 11.7. The predicted molar refractivity (Wildman–Crippen MR) is 75.4 cm³/mol. The molecular formula is C12H12Cl2N2O4. The van der Waals surface area contributed by atoms with Gasteiger partial charge in [0.25, 0.3) is 0 Å². The maximum Gasteiger partial charge on any atom is 0.339 e. The third-order valence-corrected chi connectivity index (χ3v) is 2.94. The summed E-state index contributed by atoms with van der Waals surface area (Å²) >= 11 is 11.6. The maximum atomic E-state index is 11.7. The fourth-order valence-electron chi connectivity index (χ4n) is 1.44. The van der Waals surface area contributed by atoms with Crippen LogP contribution in [-0.2, 0) is 9.59 Å². The van der Waals surface area contributed by atoms with E-state index in [9.17, 15) is 14.4 Å². The minimum absolute atomic E-state index is 0.0124. The van der Waals surface area contributed by atoms with Gasteiger partial charge in [-0.3, -0.25) is 9.59 Å². The summed E-state index contributed by atoms with van der Waals surface area (Å²) < 4.78 is 0. The number of nitrogens with one attached hydrogen (secondary N) is 2. The van der Waals surface area contributed by atoms with Crippen LogP contribution in [0.15, 0.2) is 12.1 Å². The standard InChI is InChI=1S/C12H12Cl2N2O4/c1-6(17)15-5-4-9(18)16-11-8(14)3-2-7(13)10(11)12(19)20/h2-3H,4-5H2,1H3,(H,15,17)(H,16,18)(H,19,20). The molecule has 0 bridgehead atoms. The van der Waals surface area contributed by atoms with Gasteiger partial charge in [-0.1, -0.05) is 23.2 Å². The van der Waals surface area contributed by atoms with Crippen LogP contribution in [0.4, 0.5) is 5.69 Å². The van der Waals surface area contributed by atoms with Crippen LogP contribution in [0.3, 0.4) is 0 Å². The SMILES string of the molecule is CC(=O)NCCC(=O)Nc1c(Cl)ccc(Cl)c1C(=O)O. The third kappa shape index (κ3) is 4.40. The Hall–Kier alpha value is -1.79. The van der Waals surface area contributed by atoms with Gasteiger partial charge in [0.2, 0.25) is 11.8 Å². The fraction of sp³-hybridized carbons (Fsp3) is 0.250. The van der Waals surface area contributed by atoms with Crippen LogP contribution < -0.4 is 10.6 Å². The largest absolute Gasteiger partial charge is 0.478 e. The smallest absolute Gasteiger partial charge is 0.339 e. The van der Waals surface area contributed by atoms with E-state index in [4.69, 9.17) is 28.3 Å².